The molecule has 0 bridgehead atoms. The van der Waals surface area contributed by atoms with Crippen LogP contribution in [0, 0.1) is 5.92 Å². The highest BCUT2D eigenvalue weighted by atomic mass is 35.5. The molecule has 0 fully saturated rings. The van der Waals surface area contributed by atoms with E-state index in [1.165, 1.54) is 11.8 Å². The molecule has 2 atom stereocenters. The topological polar surface area (TPSA) is 95.5 Å². The van der Waals surface area contributed by atoms with Gasteiger partial charge in [0.1, 0.15) is 6.04 Å². The van der Waals surface area contributed by atoms with Crippen molar-refractivity contribution in [3.8, 4) is 0 Å². The second-order valence-electron chi connectivity index (χ2n) is 6.03. The predicted molar refractivity (Wildman–Crippen MR) is 93.4 cm³/mol. The van der Waals surface area contributed by atoms with E-state index in [1.807, 2.05) is 13.8 Å². The van der Waals surface area contributed by atoms with Gasteiger partial charge in [-0.25, -0.2) is 4.79 Å². The van der Waals surface area contributed by atoms with Crippen molar-refractivity contribution in [1.82, 2.24) is 5.32 Å². The molecule has 8 heteroatoms. The van der Waals surface area contributed by atoms with E-state index in [9.17, 15) is 19.5 Å². The van der Waals surface area contributed by atoms with E-state index in [4.69, 9.17) is 11.6 Å². The molecule has 1 aliphatic rings. The molecule has 1 unspecified atom stereocenters. The number of aliphatic carboxylic acids is 1. The van der Waals surface area contributed by atoms with Crippen LogP contribution in [0.2, 0.25) is 5.02 Å². The molecule has 2 amide bonds. The zero-order chi connectivity index (χ0) is 17.9. The molecule has 1 aromatic carbocycles. The molecule has 130 valence electrons. The largest absolute Gasteiger partial charge is 0.480 e. The molecule has 0 saturated heterocycles. The highest BCUT2D eigenvalue weighted by Crippen LogP contribution is 2.38. The number of rotatable bonds is 6. The number of hydrogen-bond donors (Lipinski definition) is 3. The van der Waals surface area contributed by atoms with Gasteiger partial charge in [-0.3, -0.25) is 9.59 Å². The Kier molecular flexibility index (Phi) is 6.12. The number of fused-ring (bicyclic) bond motifs is 1. The van der Waals surface area contributed by atoms with E-state index in [-0.39, 0.29) is 18.2 Å². The van der Waals surface area contributed by atoms with Crippen molar-refractivity contribution >= 4 is 46.8 Å². The molecule has 0 saturated carbocycles. The number of amides is 2. The van der Waals surface area contributed by atoms with Gasteiger partial charge in [-0.05, 0) is 30.5 Å². The molecule has 24 heavy (non-hydrogen) atoms. The summed E-state index contributed by atoms with van der Waals surface area (Å²) in [6.45, 7) is 3.77. The Hall–Kier alpha value is -1.73. The summed E-state index contributed by atoms with van der Waals surface area (Å²) < 4.78 is 0. The van der Waals surface area contributed by atoms with Gasteiger partial charge in [0.05, 0.1) is 10.9 Å². The molecule has 0 radical (unpaired) electrons. The first-order valence-corrected chi connectivity index (χ1v) is 8.81. The van der Waals surface area contributed by atoms with Crippen LogP contribution >= 0.6 is 23.4 Å². The highest BCUT2D eigenvalue weighted by Gasteiger charge is 2.30. The molecule has 0 spiro atoms. The molecule has 3 N–H and O–H groups in total. The summed E-state index contributed by atoms with van der Waals surface area (Å²) >= 11 is 7.17. The van der Waals surface area contributed by atoms with Crippen LogP contribution in [0.15, 0.2) is 23.1 Å². The summed E-state index contributed by atoms with van der Waals surface area (Å²) in [6.07, 6.45) is 0.257. The van der Waals surface area contributed by atoms with E-state index in [0.717, 1.165) is 4.90 Å². The van der Waals surface area contributed by atoms with Crippen LogP contribution in [0.4, 0.5) is 5.69 Å². The monoisotopic (exact) mass is 370 g/mol. The van der Waals surface area contributed by atoms with Crippen LogP contribution in [0.25, 0.3) is 0 Å². The minimum Gasteiger partial charge on any atom is -0.480 e. The summed E-state index contributed by atoms with van der Waals surface area (Å²) in [5.74, 6) is -1.68. The SMILES string of the molecule is CC(C)C[C@H](NC(=O)CC1Sc2ccc(Cl)cc2NC1=O)C(=O)O. The maximum absolute atomic E-state index is 12.1. The van der Waals surface area contributed by atoms with E-state index in [0.29, 0.717) is 17.1 Å². The highest BCUT2D eigenvalue weighted by molar-refractivity contribution is 8.01. The molecule has 1 aromatic rings. The third-order valence-electron chi connectivity index (χ3n) is 3.47. The lowest BCUT2D eigenvalue weighted by molar-refractivity contribution is -0.142. The first-order valence-electron chi connectivity index (χ1n) is 7.55. The molecule has 0 aliphatic carbocycles. The lowest BCUT2D eigenvalue weighted by Gasteiger charge is -2.24. The fraction of sp³-hybridized carbons (Fsp3) is 0.438. The number of anilines is 1. The lowest BCUT2D eigenvalue weighted by atomic mass is 10.0. The first-order chi connectivity index (χ1) is 11.3. The van der Waals surface area contributed by atoms with Gasteiger partial charge >= 0.3 is 5.97 Å². The van der Waals surface area contributed by atoms with Crippen molar-refractivity contribution in [1.29, 1.82) is 0 Å². The zero-order valence-corrected chi connectivity index (χ0v) is 14.9. The van der Waals surface area contributed by atoms with Crippen molar-refractivity contribution in [2.75, 3.05) is 5.32 Å². The van der Waals surface area contributed by atoms with Gasteiger partial charge in [0, 0.05) is 16.3 Å². The Labute approximate surface area is 149 Å². The van der Waals surface area contributed by atoms with E-state index in [1.54, 1.807) is 18.2 Å². The normalized spacial score (nSPS) is 17.8. The van der Waals surface area contributed by atoms with E-state index >= 15 is 0 Å². The average Bonchev–Trinajstić information content (AvgIpc) is 2.47. The lowest BCUT2D eigenvalue weighted by Crippen LogP contribution is -2.43. The van der Waals surface area contributed by atoms with Crippen molar-refractivity contribution in [2.45, 2.75) is 42.9 Å². The number of carboxylic acid groups (broad SMARTS) is 1. The Morgan fingerprint density at radius 2 is 2.12 bits per heavy atom. The minimum absolute atomic E-state index is 0.0829. The van der Waals surface area contributed by atoms with Crippen molar-refractivity contribution in [3.63, 3.8) is 0 Å². The fourth-order valence-electron chi connectivity index (χ4n) is 2.37. The number of thioether (sulfide) groups is 1. The standard InChI is InChI=1S/C16H19ClN2O4S/c1-8(2)5-11(16(22)23)18-14(20)7-13-15(21)19-10-6-9(17)3-4-12(10)24-13/h3-4,6,8,11,13H,5,7H2,1-2H3,(H,18,20)(H,19,21)(H,22,23)/t11-,13?/m0/s1. The van der Waals surface area contributed by atoms with Gasteiger partial charge in [-0.1, -0.05) is 25.4 Å². The fourth-order valence-corrected chi connectivity index (χ4v) is 3.63. The smallest absolute Gasteiger partial charge is 0.326 e. The van der Waals surface area contributed by atoms with Gasteiger partial charge in [0.2, 0.25) is 11.8 Å². The molecular formula is C16H19ClN2O4S. The molecule has 2 rings (SSSR count). The van der Waals surface area contributed by atoms with Crippen LogP contribution in [0.3, 0.4) is 0 Å². The van der Waals surface area contributed by atoms with Crippen LogP contribution in [0.1, 0.15) is 26.7 Å². The number of carbonyl (C=O) groups is 3. The number of carbonyl (C=O) groups excluding carboxylic acids is 2. The van der Waals surface area contributed by atoms with E-state index in [2.05, 4.69) is 10.6 Å². The summed E-state index contributed by atoms with van der Waals surface area (Å²) in [4.78, 5) is 36.3. The van der Waals surface area contributed by atoms with Gasteiger partial charge in [-0.2, -0.15) is 0 Å². The number of nitrogens with one attached hydrogen (secondary N) is 2. The second-order valence-corrected chi connectivity index (χ2v) is 7.71. The number of benzene rings is 1. The minimum atomic E-state index is -1.07. The molecule has 1 heterocycles. The maximum Gasteiger partial charge on any atom is 0.326 e. The van der Waals surface area contributed by atoms with Crippen molar-refractivity contribution in [2.24, 2.45) is 5.92 Å². The van der Waals surface area contributed by atoms with Gasteiger partial charge in [0.15, 0.2) is 0 Å². The zero-order valence-electron chi connectivity index (χ0n) is 13.3. The summed E-state index contributed by atoms with van der Waals surface area (Å²) in [7, 11) is 0. The van der Waals surface area contributed by atoms with Crippen LogP contribution in [-0.4, -0.2) is 34.2 Å². The number of hydrogen-bond acceptors (Lipinski definition) is 4. The van der Waals surface area contributed by atoms with Crippen LogP contribution < -0.4 is 10.6 Å². The van der Waals surface area contributed by atoms with Gasteiger partial charge < -0.3 is 15.7 Å². The average molecular weight is 371 g/mol. The van der Waals surface area contributed by atoms with Crippen molar-refractivity contribution < 1.29 is 19.5 Å². The van der Waals surface area contributed by atoms with Gasteiger partial charge in [-0.15, -0.1) is 11.8 Å². The van der Waals surface area contributed by atoms with Gasteiger partial charge in [0.25, 0.3) is 0 Å². The summed E-state index contributed by atoms with van der Waals surface area (Å²) in [5.41, 5.74) is 0.623. The number of halogens is 1. The van der Waals surface area contributed by atoms with Crippen molar-refractivity contribution in [3.05, 3.63) is 23.2 Å². The molecular weight excluding hydrogens is 352 g/mol. The molecule has 6 nitrogen and oxygen atoms in total. The molecule has 0 aromatic heterocycles. The number of carboxylic acids is 1. The van der Waals surface area contributed by atoms with E-state index < -0.39 is 23.2 Å². The maximum atomic E-state index is 12.1. The quantitative estimate of drug-likeness (QED) is 0.715. The molecule has 1 aliphatic heterocycles. The first kappa shape index (κ1) is 18.6. The second kappa shape index (κ2) is 7.90. The third-order valence-corrected chi connectivity index (χ3v) is 4.98. The Morgan fingerprint density at radius 3 is 2.75 bits per heavy atom. The van der Waals surface area contributed by atoms with Crippen LogP contribution in [0.5, 0.6) is 0 Å². The third kappa shape index (κ3) is 4.88. The Bertz CT molecular complexity index is 665. The Balaban J connectivity index is 2.00. The predicted octanol–water partition coefficient (Wildman–Crippen LogP) is 2.76. The van der Waals surface area contributed by atoms with Crippen LogP contribution in [-0.2, 0) is 14.4 Å². The summed E-state index contributed by atoms with van der Waals surface area (Å²) in [6, 6.07) is 4.21. The Morgan fingerprint density at radius 1 is 1.42 bits per heavy atom. The summed E-state index contributed by atoms with van der Waals surface area (Å²) in [5, 5.41) is 14.3.